The second-order valence-corrected chi connectivity index (χ2v) is 12.4. The number of carbonyl (C=O) groups is 4. The Labute approximate surface area is 260 Å². The number of nitrogens with zero attached hydrogens (tertiary/aromatic N) is 2. The number of benzene rings is 1. The van der Waals surface area contributed by atoms with E-state index in [0.717, 1.165) is 0 Å². The molecule has 2 N–H and O–H groups in total. The van der Waals surface area contributed by atoms with Gasteiger partial charge in [-0.3, -0.25) is 19.2 Å². The summed E-state index contributed by atoms with van der Waals surface area (Å²) in [5.41, 5.74) is -0.758. The van der Waals surface area contributed by atoms with Gasteiger partial charge >= 0.3 is 5.97 Å². The minimum Gasteiger partial charge on any atom is -0.497 e. The Morgan fingerprint density at radius 1 is 1.26 bits per heavy atom. The number of anilines is 1. The highest BCUT2D eigenvalue weighted by atomic mass is 79.9. The first-order valence-corrected chi connectivity index (χ1v) is 15.3. The minimum atomic E-state index is -1.33. The molecular formula is C31H40BrN3O8. The molecule has 12 heteroatoms. The van der Waals surface area contributed by atoms with Crippen molar-refractivity contribution in [3.05, 3.63) is 49.6 Å². The molecule has 3 amide bonds. The van der Waals surface area contributed by atoms with E-state index in [1.807, 2.05) is 0 Å². The zero-order chi connectivity index (χ0) is 31.5. The van der Waals surface area contributed by atoms with Crippen LogP contribution in [0.25, 0.3) is 0 Å². The number of aliphatic hydroxyl groups is 1. The van der Waals surface area contributed by atoms with Crippen molar-refractivity contribution in [3.63, 3.8) is 0 Å². The SMILES string of the molecule is C=CCCC(=O)NC[C@H](C)OC(=O)[C@@H]1[C@H]2O[C@@]3(CC2Br)[C@H](C(=O)N(CC=C)c2ccc(OC)cc2)N([C@H](C)CO)C(=O)[C@@H]13. The first kappa shape index (κ1) is 32.7. The quantitative estimate of drug-likeness (QED) is 0.176. The lowest BCUT2D eigenvalue weighted by Crippen LogP contribution is -2.58. The van der Waals surface area contributed by atoms with Gasteiger partial charge in [-0.15, -0.1) is 13.2 Å². The Kier molecular flexibility index (Phi) is 10.3. The smallest absolute Gasteiger partial charge is 0.312 e. The molecule has 1 aromatic rings. The Bertz CT molecular complexity index is 1240. The summed E-state index contributed by atoms with van der Waals surface area (Å²) in [4.78, 5) is 56.9. The van der Waals surface area contributed by atoms with Gasteiger partial charge in [-0.2, -0.15) is 0 Å². The van der Waals surface area contributed by atoms with Crippen LogP contribution in [0.3, 0.4) is 0 Å². The molecule has 43 heavy (non-hydrogen) atoms. The van der Waals surface area contributed by atoms with E-state index < -0.39 is 59.5 Å². The van der Waals surface area contributed by atoms with Gasteiger partial charge in [0.2, 0.25) is 11.8 Å². The largest absolute Gasteiger partial charge is 0.497 e. The van der Waals surface area contributed by atoms with E-state index >= 15 is 0 Å². The lowest BCUT2D eigenvalue weighted by atomic mass is 9.70. The zero-order valence-corrected chi connectivity index (χ0v) is 26.3. The van der Waals surface area contributed by atoms with Crippen LogP contribution in [0.15, 0.2) is 49.6 Å². The van der Waals surface area contributed by atoms with Crippen LogP contribution in [0.5, 0.6) is 5.75 Å². The molecule has 3 heterocycles. The van der Waals surface area contributed by atoms with Crippen molar-refractivity contribution in [2.45, 2.75) is 67.8 Å². The molecule has 234 valence electrons. The number of nitrogens with one attached hydrogen (secondary N) is 1. The summed E-state index contributed by atoms with van der Waals surface area (Å²) in [6, 6.07) is 5.11. The van der Waals surface area contributed by atoms with Crippen LogP contribution in [0.4, 0.5) is 5.69 Å². The van der Waals surface area contributed by atoms with Crippen molar-refractivity contribution in [2.75, 3.05) is 31.7 Å². The Morgan fingerprint density at radius 2 is 1.95 bits per heavy atom. The molecule has 0 aliphatic carbocycles. The number of fused-ring (bicyclic) bond motifs is 1. The van der Waals surface area contributed by atoms with Crippen LogP contribution in [-0.4, -0.2) is 95.2 Å². The molecule has 3 fully saturated rings. The molecule has 3 saturated heterocycles. The average Bonchev–Trinajstić information content (AvgIpc) is 3.60. The van der Waals surface area contributed by atoms with Gasteiger partial charge in [0.05, 0.1) is 44.2 Å². The zero-order valence-electron chi connectivity index (χ0n) is 24.7. The van der Waals surface area contributed by atoms with E-state index in [2.05, 4.69) is 34.4 Å². The number of halogens is 1. The number of allylic oxidation sites excluding steroid dienone is 1. The van der Waals surface area contributed by atoms with Gasteiger partial charge in [0.25, 0.3) is 5.91 Å². The van der Waals surface area contributed by atoms with Crippen molar-refractivity contribution < 1.29 is 38.5 Å². The van der Waals surface area contributed by atoms with Gasteiger partial charge in [-0.25, -0.2) is 0 Å². The molecule has 8 atom stereocenters. The fourth-order valence-electron chi connectivity index (χ4n) is 6.44. The summed E-state index contributed by atoms with van der Waals surface area (Å²) in [5.74, 6) is -3.03. The Hall–Kier alpha value is -3.22. The molecule has 0 saturated carbocycles. The summed E-state index contributed by atoms with van der Waals surface area (Å²) < 4.78 is 17.5. The van der Waals surface area contributed by atoms with Crippen LogP contribution in [0.1, 0.15) is 33.1 Å². The molecule has 1 aromatic carbocycles. The summed E-state index contributed by atoms with van der Waals surface area (Å²) >= 11 is 3.64. The van der Waals surface area contributed by atoms with E-state index in [0.29, 0.717) is 24.3 Å². The molecule has 3 aliphatic rings. The number of hydrogen-bond donors (Lipinski definition) is 2. The number of alkyl halides is 1. The molecular weight excluding hydrogens is 622 g/mol. The van der Waals surface area contributed by atoms with Crippen LogP contribution >= 0.6 is 15.9 Å². The average molecular weight is 663 g/mol. The van der Waals surface area contributed by atoms with Crippen molar-refractivity contribution in [3.8, 4) is 5.75 Å². The van der Waals surface area contributed by atoms with E-state index in [9.17, 15) is 24.3 Å². The maximum atomic E-state index is 14.5. The predicted octanol–water partition coefficient (Wildman–Crippen LogP) is 2.36. The van der Waals surface area contributed by atoms with Gasteiger partial charge in [-0.05, 0) is 51.0 Å². The standard InChI is InChI=1S/C31H40BrN3O8/c1-6-8-9-23(37)33-16-19(4)42-30(40)24-25-28(38)35(18(3)17-36)27(31(25)15-22(32)26(24)43-31)29(39)34(14-7-2)20-10-12-21(41-5)13-11-20/h6-7,10-13,18-19,22,24-27,36H,1-2,8-9,14-17H2,3-5H3,(H,33,37)/t18-,19+,22?,24+,25-,26+,27+,31-/m1/s1. The Balaban J connectivity index is 1.64. The van der Waals surface area contributed by atoms with Crippen LogP contribution < -0.4 is 15.0 Å². The molecule has 3 aliphatic heterocycles. The molecule has 0 aromatic heterocycles. The molecule has 1 spiro atoms. The number of esters is 1. The van der Waals surface area contributed by atoms with E-state index in [4.69, 9.17) is 14.2 Å². The topological polar surface area (TPSA) is 135 Å². The van der Waals surface area contributed by atoms with Crippen molar-refractivity contribution in [1.29, 1.82) is 0 Å². The number of amides is 3. The summed E-state index contributed by atoms with van der Waals surface area (Å²) in [6.07, 6.45) is 2.99. The number of aliphatic hydroxyl groups excluding tert-OH is 1. The van der Waals surface area contributed by atoms with Gasteiger partial charge < -0.3 is 34.4 Å². The van der Waals surface area contributed by atoms with E-state index in [1.165, 1.54) is 9.80 Å². The van der Waals surface area contributed by atoms with E-state index in [1.54, 1.807) is 57.4 Å². The molecule has 4 rings (SSSR count). The number of hydrogen-bond acceptors (Lipinski definition) is 8. The maximum absolute atomic E-state index is 14.5. The van der Waals surface area contributed by atoms with Gasteiger partial charge in [0.1, 0.15) is 23.5 Å². The predicted molar refractivity (Wildman–Crippen MR) is 163 cm³/mol. The minimum absolute atomic E-state index is 0.106. The molecule has 1 unspecified atom stereocenters. The van der Waals surface area contributed by atoms with E-state index in [-0.39, 0.29) is 36.9 Å². The fourth-order valence-corrected chi connectivity index (χ4v) is 7.38. The van der Waals surface area contributed by atoms with Crippen LogP contribution in [0.2, 0.25) is 0 Å². The summed E-state index contributed by atoms with van der Waals surface area (Å²) in [7, 11) is 1.55. The molecule has 0 radical (unpaired) electrons. The lowest BCUT2D eigenvalue weighted by molar-refractivity contribution is -0.159. The highest BCUT2D eigenvalue weighted by Crippen LogP contribution is 2.60. The molecule has 11 nitrogen and oxygen atoms in total. The maximum Gasteiger partial charge on any atom is 0.312 e. The Morgan fingerprint density at radius 3 is 2.56 bits per heavy atom. The van der Waals surface area contributed by atoms with Crippen molar-refractivity contribution in [1.82, 2.24) is 10.2 Å². The first-order valence-electron chi connectivity index (χ1n) is 14.4. The van der Waals surface area contributed by atoms with Crippen molar-refractivity contribution >= 4 is 45.3 Å². The normalized spacial score (nSPS) is 28.5. The van der Waals surface area contributed by atoms with Crippen LogP contribution in [0, 0.1) is 11.8 Å². The number of ether oxygens (including phenoxy) is 3. The number of carbonyl (C=O) groups excluding carboxylic acids is 4. The third kappa shape index (κ3) is 6.09. The van der Waals surface area contributed by atoms with Crippen molar-refractivity contribution in [2.24, 2.45) is 11.8 Å². The second kappa shape index (κ2) is 13.6. The van der Waals surface area contributed by atoms with Gasteiger partial charge in [-0.1, -0.05) is 28.1 Å². The number of methoxy groups -OCH3 is 1. The third-order valence-electron chi connectivity index (χ3n) is 8.41. The second-order valence-electron chi connectivity index (χ2n) is 11.3. The van der Waals surface area contributed by atoms with Gasteiger partial charge in [0, 0.05) is 23.5 Å². The molecule has 2 bridgehead atoms. The number of rotatable bonds is 14. The summed E-state index contributed by atoms with van der Waals surface area (Å²) in [6.45, 7) is 10.6. The highest BCUT2D eigenvalue weighted by Gasteiger charge is 2.77. The summed E-state index contributed by atoms with van der Waals surface area (Å²) in [5, 5.41) is 12.9. The fraction of sp³-hybridized carbons (Fsp3) is 0.548. The monoisotopic (exact) mass is 661 g/mol. The highest BCUT2D eigenvalue weighted by molar-refractivity contribution is 9.09. The van der Waals surface area contributed by atoms with Gasteiger partial charge in [0.15, 0.2) is 0 Å². The van der Waals surface area contributed by atoms with Crippen LogP contribution in [-0.2, 0) is 28.7 Å². The lowest BCUT2D eigenvalue weighted by Gasteiger charge is -2.38. The first-order chi connectivity index (χ1) is 20.5. The third-order valence-corrected chi connectivity index (χ3v) is 9.26. The number of likely N-dealkylation sites (tertiary alicyclic amines) is 1.